The maximum absolute atomic E-state index is 14.5. The number of ether oxygens (including phenoxy) is 1. The van der Waals surface area contributed by atoms with Crippen LogP contribution >= 0.6 is 11.3 Å². The van der Waals surface area contributed by atoms with E-state index >= 15 is 0 Å². The summed E-state index contributed by atoms with van der Waals surface area (Å²) < 4.78 is 5.47. The summed E-state index contributed by atoms with van der Waals surface area (Å²) in [5, 5.41) is 36.0. The van der Waals surface area contributed by atoms with Gasteiger partial charge in [0.05, 0.1) is 54.0 Å². The molecule has 1 aromatic heterocycles. The SMILES string of the molecule is CCC(C)CNC(=O)C(CC(O)C(CC1CCCCC1)NC(=O)[C@H](Cc1cscn1)NC(=O)C(CC(=O)N1CCOCC1)Cc1cccc2ccccc12)C(C)(C)O. The number of carbonyl (C=O) groups excluding carboxylic acids is 4. The normalized spacial score (nSPS) is 18.4. The lowest BCUT2D eigenvalue weighted by Crippen LogP contribution is -2.56. The van der Waals surface area contributed by atoms with Gasteiger partial charge < -0.3 is 35.8 Å². The average Bonchev–Trinajstić information content (AvgIpc) is 3.74. The molecule has 2 fully saturated rings. The Labute approximate surface area is 347 Å². The molecule has 13 heteroatoms. The second kappa shape index (κ2) is 21.9. The number of nitrogens with zero attached hydrogens (tertiary/aromatic N) is 2. The molecule has 4 amide bonds. The van der Waals surface area contributed by atoms with Gasteiger partial charge in [-0.3, -0.25) is 19.2 Å². The first-order chi connectivity index (χ1) is 27.8. The summed E-state index contributed by atoms with van der Waals surface area (Å²) in [5.41, 5.74) is 1.80. The average molecular weight is 820 g/mol. The molecule has 0 bridgehead atoms. The van der Waals surface area contributed by atoms with E-state index in [2.05, 4.69) is 20.9 Å². The first-order valence-electron chi connectivity index (χ1n) is 21.3. The topological polar surface area (TPSA) is 170 Å². The van der Waals surface area contributed by atoms with Gasteiger partial charge in [0.2, 0.25) is 23.6 Å². The number of benzene rings is 2. The van der Waals surface area contributed by atoms with E-state index in [1.54, 1.807) is 24.3 Å². The van der Waals surface area contributed by atoms with Gasteiger partial charge in [-0.2, -0.15) is 0 Å². The molecule has 5 unspecified atom stereocenters. The third kappa shape index (κ3) is 13.3. The van der Waals surface area contributed by atoms with Crippen LogP contribution in [0.3, 0.4) is 0 Å². The number of amides is 4. The van der Waals surface area contributed by atoms with Crippen molar-refractivity contribution in [3.05, 3.63) is 64.6 Å². The Hall–Kier alpha value is -3.91. The Balaban J connectivity index is 1.40. The van der Waals surface area contributed by atoms with E-state index in [0.717, 1.165) is 54.9 Å². The van der Waals surface area contributed by atoms with Crippen LogP contribution in [0.1, 0.15) is 96.7 Å². The fourth-order valence-electron chi connectivity index (χ4n) is 8.23. The van der Waals surface area contributed by atoms with Crippen LogP contribution in [-0.4, -0.2) is 100 Å². The van der Waals surface area contributed by atoms with E-state index in [4.69, 9.17) is 4.74 Å². The van der Waals surface area contributed by atoms with Crippen LogP contribution in [0, 0.1) is 23.7 Å². The van der Waals surface area contributed by atoms with E-state index in [1.807, 2.05) is 61.7 Å². The maximum Gasteiger partial charge on any atom is 0.243 e. The third-order valence-electron chi connectivity index (χ3n) is 12.1. The van der Waals surface area contributed by atoms with Crippen molar-refractivity contribution in [3.63, 3.8) is 0 Å². The number of hydrogen-bond donors (Lipinski definition) is 5. The molecule has 12 nitrogen and oxygen atoms in total. The van der Waals surface area contributed by atoms with Gasteiger partial charge in [0, 0.05) is 37.9 Å². The summed E-state index contributed by atoms with van der Waals surface area (Å²) in [6.45, 7) is 9.47. The van der Waals surface area contributed by atoms with Crippen molar-refractivity contribution in [2.75, 3.05) is 32.8 Å². The molecular formula is C45H65N5O7S. The number of morpholine rings is 1. The lowest BCUT2D eigenvalue weighted by molar-refractivity contribution is -0.140. The van der Waals surface area contributed by atoms with Crippen LogP contribution in [-0.2, 0) is 36.8 Å². The highest BCUT2D eigenvalue weighted by Gasteiger charge is 2.39. The van der Waals surface area contributed by atoms with Gasteiger partial charge in [0.25, 0.3) is 0 Å². The first-order valence-corrected chi connectivity index (χ1v) is 22.2. The van der Waals surface area contributed by atoms with Crippen LogP contribution < -0.4 is 16.0 Å². The zero-order valence-corrected chi connectivity index (χ0v) is 35.6. The Kier molecular flexibility index (Phi) is 17.1. The molecular weight excluding hydrogens is 755 g/mol. The molecule has 2 aliphatic rings. The molecule has 1 aliphatic heterocycles. The number of thiazole rings is 1. The third-order valence-corrected chi connectivity index (χ3v) is 12.7. The smallest absolute Gasteiger partial charge is 0.243 e. The van der Waals surface area contributed by atoms with Gasteiger partial charge in [-0.1, -0.05) is 94.8 Å². The summed E-state index contributed by atoms with van der Waals surface area (Å²) in [6.07, 6.45) is 5.72. The van der Waals surface area contributed by atoms with Gasteiger partial charge in [0.15, 0.2) is 0 Å². The molecule has 58 heavy (non-hydrogen) atoms. The summed E-state index contributed by atoms with van der Waals surface area (Å²) in [7, 11) is 0. The second-order valence-corrected chi connectivity index (χ2v) is 17.8. The minimum atomic E-state index is -1.43. The predicted molar refractivity (Wildman–Crippen MR) is 227 cm³/mol. The van der Waals surface area contributed by atoms with Crippen molar-refractivity contribution in [2.24, 2.45) is 23.7 Å². The number of nitrogens with one attached hydrogen (secondary N) is 3. The quantitative estimate of drug-likeness (QED) is 0.104. The van der Waals surface area contributed by atoms with E-state index in [1.165, 1.54) is 11.3 Å². The molecule has 6 atom stereocenters. The monoisotopic (exact) mass is 819 g/mol. The highest BCUT2D eigenvalue weighted by Crippen LogP contribution is 2.31. The molecule has 2 heterocycles. The predicted octanol–water partition coefficient (Wildman–Crippen LogP) is 5.19. The molecule has 0 radical (unpaired) electrons. The Morgan fingerprint density at radius 1 is 0.966 bits per heavy atom. The Morgan fingerprint density at radius 2 is 1.69 bits per heavy atom. The van der Waals surface area contributed by atoms with Gasteiger partial charge in [-0.25, -0.2) is 4.98 Å². The van der Waals surface area contributed by atoms with E-state index in [9.17, 15) is 29.4 Å². The molecule has 3 aromatic rings. The minimum Gasteiger partial charge on any atom is -0.391 e. The van der Waals surface area contributed by atoms with Crippen molar-refractivity contribution in [1.29, 1.82) is 0 Å². The molecule has 1 saturated heterocycles. The van der Waals surface area contributed by atoms with Gasteiger partial charge >= 0.3 is 0 Å². The van der Waals surface area contributed by atoms with E-state index in [0.29, 0.717) is 45.0 Å². The Morgan fingerprint density at radius 3 is 2.38 bits per heavy atom. The molecule has 5 rings (SSSR count). The molecule has 2 aromatic carbocycles. The fourth-order valence-corrected chi connectivity index (χ4v) is 8.81. The van der Waals surface area contributed by atoms with Crippen LogP contribution in [0.2, 0.25) is 0 Å². The number of carbonyl (C=O) groups is 4. The van der Waals surface area contributed by atoms with Gasteiger partial charge in [0.1, 0.15) is 6.04 Å². The largest absolute Gasteiger partial charge is 0.391 e. The number of rotatable bonds is 20. The highest BCUT2D eigenvalue weighted by molar-refractivity contribution is 7.07. The van der Waals surface area contributed by atoms with Crippen LogP contribution in [0.4, 0.5) is 0 Å². The second-order valence-electron chi connectivity index (χ2n) is 17.1. The number of aromatic nitrogens is 1. The van der Waals surface area contributed by atoms with Crippen molar-refractivity contribution in [3.8, 4) is 0 Å². The van der Waals surface area contributed by atoms with Crippen LogP contribution in [0.5, 0.6) is 0 Å². The zero-order chi connectivity index (χ0) is 41.7. The van der Waals surface area contributed by atoms with Crippen LogP contribution in [0.15, 0.2) is 53.4 Å². The maximum atomic E-state index is 14.5. The van der Waals surface area contributed by atoms with Gasteiger partial charge in [-0.05, 0) is 61.3 Å². The molecule has 5 N–H and O–H groups in total. The lowest BCUT2D eigenvalue weighted by Gasteiger charge is -2.35. The van der Waals surface area contributed by atoms with Gasteiger partial charge in [-0.15, -0.1) is 11.3 Å². The summed E-state index contributed by atoms with van der Waals surface area (Å²) in [4.78, 5) is 62.4. The van der Waals surface area contributed by atoms with E-state index in [-0.39, 0.29) is 49.3 Å². The summed E-state index contributed by atoms with van der Waals surface area (Å²) in [6, 6.07) is 12.1. The van der Waals surface area contributed by atoms with Crippen molar-refractivity contribution in [2.45, 2.75) is 122 Å². The number of hydrogen-bond acceptors (Lipinski definition) is 9. The van der Waals surface area contributed by atoms with Crippen LogP contribution in [0.25, 0.3) is 10.8 Å². The standard InChI is InChI=1S/C45H65N5O7S/c1-5-30(2)27-46-43(54)37(45(3,4)56)26-40(51)38(22-31-12-7-6-8-13-31)48-44(55)39(25-35-28-58-29-47-35)49-42(53)34(24-41(52)50-18-20-57-21-19-50)23-33-16-11-15-32-14-9-10-17-36(32)33/h9-11,14-17,28-31,34,37-40,51,56H,5-8,12-13,18-27H2,1-4H3,(H,46,54)(H,48,55)(H,49,53)/t30?,34?,37?,38?,39-,40?/m0/s1. The molecule has 318 valence electrons. The lowest BCUT2D eigenvalue weighted by atomic mass is 9.80. The number of fused-ring (bicyclic) bond motifs is 1. The fraction of sp³-hybridized carbons (Fsp3) is 0.622. The van der Waals surface area contributed by atoms with Crippen molar-refractivity contribution in [1.82, 2.24) is 25.8 Å². The molecule has 1 saturated carbocycles. The summed E-state index contributed by atoms with van der Waals surface area (Å²) >= 11 is 1.39. The number of aliphatic hydroxyl groups excluding tert-OH is 1. The van der Waals surface area contributed by atoms with Crippen molar-refractivity contribution < 1.29 is 34.1 Å². The minimum absolute atomic E-state index is 0.0411. The highest BCUT2D eigenvalue weighted by atomic mass is 32.1. The van der Waals surface area contributed by atoms with Crippen molar-refractivity contribution >= 4 is 45.7 Å². The zero-order valence-electron chi connectivity index (χ0n) is 34.8. The number of aliphatic hydroxyl groups is 2. The molecule has 0 spiro atoms. The van der Waals surface area contributed by atoms with E-state index < -0.39 is 47.4 Å². The summed E-state index contributed by atoms with van der Waals surface area (Å²) in [5.74, 6) is -2.58. The Bertz CT molecular complexity index is 1760. The first kappa shape index (κ1) is 45.2. The molecule has 1 aliphatic carbocycles.